The third kappa shape index (κ3) is 4.28. The van der Waals surface area contributed by atoms with Crippen LogP contribution in [0.5, 0.6) is 11.6 Å². The maximum atomic E-state index is 13.3. The molecular formula is C15H16BrFN2O. The summed E-state index contributed by atoms with van der Waals surface area (Å²) < 4.78 is 20.0. The Hall–Kier alpha value is -1.46. The van der Waals surface area contributed by atoms with E-state index in [1.54, 1.807) is 0 Å². The molecule has 0 spiro atoms. The summed E-state index contributed by atoms with van der Waals surface area (Å²) in [7, 11) is 0. The lowest BCUT2D eigenvalue weighted by Gasteiger charge is -2.12. The lowest BCUT2D eigenvalue weighted by Crippen LogP contribution is -2.22. The molecule has 2 aromatic rings. The van der Waals surface area contributed by atoms with Crippen LogP contribution in [-0.2, 0) is 6.54 Å². The fourth-order valence-corrected chi connectivity index (χ4v) is 1.88. The minimum Gasteiger partial charge on any atom is -0.439 e. The van der Waals surface area contributed by atoms with Crippen molar-refractivity contribution in [2.45, 2.75) is 26.4 Å². The topological polar surface area (TPSA) is 34.2 Å². The van der Waals surface area contributed by atoms with Gasteiger partial charge < -0.3 is 10.1 Å². The first kappa shape index (κ1) is 14.9. The molecule has 5 heteroatoms. The molecule has 0 saturated carbocycles. The van der Waals surface area contributed by atoms with E-state index in [0.29, 0.717) is 29.8 Å². The van der Waals surface area contributed by atoms with Crippen molar-refractivity contribution in [3.05, 3.63) is 52.4 Å². The standard InChI is InChI=1S/C15H16BrFN2O/c1-10(2)18-8-11-7-13(17)9-19-15(11)20-14-5-3-12(16)4-6-14/h3-7,9-10,18H,8H2,1-2H3. The average Bonchev–Trinajstić information content (AvgIpc) is 2.41. The predicted molar refractivity (Wildman–Crippen MR) is 80.4 cm³/mol. The van der Waals surface area contributed by atoms with Gasteiger partial charge in [-0.05, 0) is 30.3 Å². The Morgan fingerprint density at radius 1 is 1.30 bits per heavy atom. The molecule has 1 N–H and O–H groups in total. The van der Waals surface area contributed by atoms with Gasteiger partial charge in [-0.15, -0.1) is 0 Å². The normalized spacial score (nSPS) is 10.8. The zero-order chi connectivity index (χ0) is 14.5. The highest BCUT2D eigenvalue weighted by Crippen LogP contribution is 2.25. The molecule has 1 aromatic carbocycles. The molecule has 2 rings (SSSR count). The number of nitrogens with one attached hydrogen (secondary N) is 1. The maximum absolute atomic E-state index is 13.3. The number of rotatable bonds is 5. The second-order valence-electron chi connectivity index (χ2n) is 4.71. The van der Waals surface area contributed by atoms with Crippen LogP contribution >= 0.6 is 15.9 Å². The Morgan fingerprint density at radius 2 is 2.00 bits per heavy atom. The average molecular weight is 339 g/mol. The largest absolute Gasteiger partial charge is 0.439 e. The van der Waals surface area contributed by atoms with Crippen molar-refractivity contribution in [2.24, 2.45) is 0 Å². The Labute approximate surface area is 126 Å². The summed E-state index contributed by atoms with van der Waals surface area (Å²) in [5, 5.41) is 3.23. The number of nitrogens with zero attached hydrogens (tertiary/aromatic N) is 1. The molecule has 1 aromatic heterocycles. The SMILES string of the molecule is CC(C)NCc1cc(F)cnc1Oc1ccc(Br)cc1. The van der Waals surface area contributed by atoms with Gasteiger partial charge in [-0.2, -0.15) is 0 Å². The highest BCUT2D eigenvalue weighted by molar-refractivity contribution is 9.10. The van der Waals surface area contributed by atoms with Gasteiger partial charge in [0.25, 0.3) is 0 Å². The van der Waals surface area contributed by atoms with Crippen LogP contribution in [0.1, 0.15) is 19.4 Å². The van der Waals surface area contributed by atoms with Gasteiger partial charge in [0.2, 0.25) is 5.88 Å². The van der Waals surface area contributed by atoms with E-state index >= 15 is 0 Å². The molecule has 0 aliphatic carbocycles. The van der Waals surface area contributed by atoms with Crippen LogP contribution in [0.25, 0.3) is 0 Å². The number of hydrogen-bond donors (Lipinski definition) is 1. The second-order valence-corrected chi connectivity index (χ2v) is 5.63. The van der Waals surface area contributed by atoms with Gasteiger partial charge in [0, 0.05) is 22.6 Å². The summed E-state index contributed by atoms with van der Waals surface area (Å²) in [6.07, 6.45) is 1.16. The monoisotopic (exact) mass is 338 g/mol. The van der Waals surface area contributed by atoms with E-state index in [9.17, 15) is 4.39 Å². The molecular weight excluding hydrogens is 323 g/mol. The maximum Gasteiger partial charge on any atom is 0.223 e. The van der Waals surface area contributed by atoms with Crippen molar-refractivity contribution in [3.8, 4) is 11.6 Å². The van der Waals surface area contributed by atoms with Crippen LogP contribution in [0.3, 0.4) is 0 Å². The molecule has 0 fully saturated rings. The van der Waals surface area contributed by atoms with E-state index in [4.69, 9.17) is 4.74 Å². The lowest BCUT2D eigenvalue weighted by molar-refractivity contribution is 0.445. The fourth-order valence-electron chi connectivity index (χ4n) is 1.62. The first-order valence-corrected chi connectivity index (χ1v) is 7.15. The van der Waals surface area contributed by atoms with Crippen molar-refractivity contribution < 1.29 is 9.13 Å². The summed E-state index contributed by atoms with van der Waals surface area (Å²) in [4.78, 5) is 4.02. The molecule has 20 heavy (non-hydrogen) atoms. The quantitative estimate of drug-likeness (QED) is 0.883. The van der Waals surface area contributed by atoms with E-state index in [-0.39, 0.29) is 5.82 Å². The number of hydrogen-bond acceptors (Lipinski definition) is 3. The summed E-state index contributed by atoms with van der Waals surface area (Å²) in [6, 6.07) is 9.16. The summed E-state index contributed by atoms with van der Waals surface area (Å²) >= 11 is 3.36. The first-order chi connectivity index (χ1) is 9.54. The lowest BCUT2D eigenvalue weighted by atomic mass is 10.2. The van der Waals surface area contributed by atoms with Crippen LogP contribution in [0.2, 0.25) is 0 Å². The number of aromatic nitrogens is 1. The van der Waals surface area contributed by atoms with Crippen molar-refractivity contribution in [1.29, 1.82) is 0 Å². The summed E-state index contributed by atoms with van der Waals surface area (Å²) in [5.41, 5.74) is 0.696. The van der Waals surface area contributed by atoms with Gasteiger partial charge in [-0.3, -0.25) is 0 Å². The van der Waals surface area contributed by atoms with E-state index in [2.05, 4.69) is 26.2 Å². The van der Waals surface area contributed by atoms with E-state index < -0.39 is 0 Å². The second kappa shape index (κ2) is 6.81. The van der Waals surface area contributed by atoms with Gasteiger partial charge in [0.05, 0.1) is 6.20 Å². The van der Waals surface area contributed by atoms with Crippen LogP contribution in [0.15, 0.2) is 41.0 Å². The third-order valence-corrected chi connectivity index (χ3v) is 3.15. The molecule has 3 nitrogen and oxygen atoms in total. The Balaban J connectivity index is 2.19. The van der Waals surface area contributed by atoms with Crippen LogP contribution < -0.4 is 10.1 Å². The van der Waals surface area contributed by atoms with E-state index in [0.717, 1.165) is 10.7 Å². The van der Waals surface area contributed by atoms with Gasteiger partial charge in [0.1, 0.15) is 11.6 Å². The molecule has 0 amide bonds. The number of ether oxygens (including phenoxy) is 1. The van der Waals surface area contributed by atoms with Crippen molar-refractivity contribution in [3.63, 3.8) is 0 Å². The van der Waals surface area contributed by atoms with Crippen LogP contribution in [-0.4, -0.2) is 11.0 Å². The Bertz CT molecular complexity index is 573. The van der Waals surface area contributed by atoms with E-state index in [1.807, 2.05) is 38.1 Å². The Kier molecular flexibility index (Phi) is 5.09. The molecule has 0 saturated heterocycles. The molecule has 0 unspecified atom stereocenters. The highest BCUT2D eigenvalue weighted by atomic mass is 79.9. The zero-order valence-electron chi connectivity index (χ0n) is 11.4. The number of pyridine rings is 1. The zero-order valence-corrected chi connectivity index (χ0v) is 12.9. The Morgan fingerprint density at radius 3 is 2.65 bits per heavy atom. The van der Waals surface area contributed by atoms with E-state index in [1.165, 1.54) is 6.07 Å². The molecule has 106 valence electrons. The fraction of sp³-hybridized carbons (Fsp3) is 0.267. The molecule has 0 bridgehead atoms. The first-order valence-electron chi connectivity index (χ1n) is 6.36. The summed E-state index contributed by atoms with van der Waals surface area (Å²) in [6.45, 7) is 4.57. The van der Waals surface area contributed by atoms with Gasteiger partial charge in [-0.1, -0.05) is 29.8 Å². The molecule has 0 radical (unpaired) electrons. The summed E-state index contributed by atoms with van der Waals surface area (Å²) in [5.74, 6) is 0.716. The minimum atomic E-state index is -0.367. The number of benzene rings is 1. The molecule has 1 heterocycles. The molecule has 0 aliphatic rings. The number of halogens is 2. The van der Waals surface area contributed by atoms with Crippen LogP contribution in [0.4, 0.5) is 4.39 Å². The van der Waals surface area contributed by atoms with Crippen molar-refractivity contribution >= 4 is 15.9 Å². The van der Waals surface area contributed by atoms with Crippen molar-refractivity contribution in [2.75, 3.05) is 0 Å². The molecule has 0 aliphatic heterocycles. The minimum absolute atomic E-state index is 0.304. The highest BCUT2D eigenvalue weighted by Gasteiger charge is 2.09. The van der Waals surface area contributed by atoms with Gasteiger partial charge >= 0.3 is 0 Å². The third-order valence-electron chi connectivity index (χ3n) is 2.62. The molecule has 0 atom stereocenters. The van der Waals surface area contributed by atoms with Crippen molar-refractivity contribution in [1.82, 2.24) is 10.3 Å². The van der Waals surface area contributed by atoms with Gasteiger partial charge in [-0.25, -0.2) is 9.37 Å². The van der Waals surface area contributed by atoms with Gasteiger partial charge in [0.15, 0.2) is 0 Å². The predicted octanol–water partition coefficient (Wildman–Crippen LogP) is 4.27. The van der Waals surface area contributed by atoms with Crippen LogP contribution in [0, 0.1) is 5.82 Å². The smallest absolute Gasteiger partial charge is 0.223 e.